The molecular formula is C16H13BrN2. The topological polar surface area (TPSA) is 17.8 Å². The van der Waals surface area contributed by atoms with E-state index < -0.39 is 0 Å². The summed E-state index contributed by atoms with van der Waals surface area (Å²) in [7, 11) is 0. The van der Waals surface area contributed by atoms with Crippen LogP contribution in [0.1, 0.15) is 0 Å². The van der Waals surface area contributed by atoms with Gasteiger partial charge in [0.1, 0.15) is 5.82 Å². The largest absolute Gasteiger partial charge is 0.320 e. The van der Waals surface area contributed by atoms with Gasteiger partial charge in [0, 0.05) is 16.6 Å². The molecule has 94 valence electrons. The van der Waals surface area contributed by atoms with Crippen LogP contribution in [0.2, 0.25) is 0 Å². The fourth-order valence-corrected chi connectivity index (χ4v) is 2.70. The number of nitrogens with zero attached hydrogens (tertiary/aromatic N) is 2. The molecule has 0 spiro atoms. The smallest absolute Gasteiger partial charge is 0.142 e. The van der Waals surface area contributed by atoms with Gasteiger partial charge in [-0.15, -0.1) is 6.58 Å². The molecule has 0 N–H and O–H groups in total. The van der Waals surface area contributed by atoms with Gasteiger partial charge in [0.2, 0.25) is 0 Å². The SMILES string of the molecule is C=CCn1c(-c2ccccc2Br)nc2ccccc21. The Morgan fingerprint density at radius 1 is 1.11 bits per heavy atom. The van der Waals surface area contributed by atoms with Crippen molar-refractivity contribution >= 4 is 27.0 Å². The fourth-order valence-electron chi connectivity index (χ4n) is 2.24. The molecule has 0 saturated carbocycles. The first-order valence-corrected chi connectivity index (χ1v) is 6.91. The van der Waals surface area contributed by atoms with E-state index in [1.54, 1.807) is 0 Å². The zero-order valence-electron chi connectivity index (χ0n) is 10.4. The third-order valence-corrected chi connectivity index (χ3v) is 3.77. The predicted octanol–water partition coefficient (Wildman–Crippen LogP) is 4.65. The summed E-state index contributed by atoms with van der Waals surface area (Å²) >= 11 is 3.60. The van der Waals surface area contributed by atoms with Crippen LogP contribution in [-0.4, -0.2) is 9.55 Å². The Morgan fingerprint density at radius 3 is 2.63 bits per heavy atom. The summed E-state index contributed by atoms with van der Waals surface area (Å²) in [5.74, 6) is 0.966. The molecule has 1 aromatic heterocycles. The number of rotatable bonds is 3. The van der Waals surface area contributed by atoms with Gasteiger partial charge in [-0.05, 0) is 18.2 Å². The van der Waals surface area contributed by atoms with Crippen LogP contribution in [0.5, 0.6) is 0 Å². The monoisotopic (exact) mass is 312 g/mol. The van der Waals surface area contributed by atoms with Crippen molar-refractivity contribution < 1.29 is 0 Å². The zero-order valence-corrected chi connectivity index (χ0v) is 12.0. The zero-order chi connectivity index (χ0) is 13.2. The van der Waals surface area contributed by atoms with Gasteiger partial charge in [-0.3, -0.25) is 0 Å². The van der Waals surface area contributed by atoms with Gasteiger partial charge in [-0.1, -0.05) is 52.3 Å². The van der Waals surface area contributed by atoms with Crippen molar-refractivity contribution in [1.29, 1.82) is 0 Å². The molecule has 19 heavy (non-hydrogen) atoms. The Labute approximate surface area is 120 Å². The molecule has 0 unspecified atom stereocenters. The maximum absolute atomic E-state index is 4.75. The molecule has 3 heteroatoms. The third-order valence-electron chi connectivity index (χ3n) is 3.08. The Hall–Kier alpha value is -1.87. The summed E-state index contributed by atoms with van der Waals surface area (Å²) in [5.41, 5.74) is 3.24. The number of imidazole rings is 1. The molecular weight excluding hydrogens is 300 g/mol. The summed E-state index contributed by atoms with van der Waals surface area (Å²) in [6.45, 7) is 4.59. The Morgan fingerprint density at radius 2 is 1.84 bits per heavy atom. The van der Waals surface area contributed by atoms with E-state index >= 15 is 0 Å². The fraction of sp³-hybridized carbons (Fsp3) is 0.0625. The third kappa shape index (κ3) is 2.10. The van der Waals surface area contributed by atoms with Gasteiger partial charge in [0.05, 0.1) is 11.0 Å². The summed E-state index contributed by atoms with van der Waals surface area (Å²) in [6.07, 6.45) is 1.90. The first-order chi connectivity index (χ1) is 9.31. The lowest BCUT2D eigenvalue weighted by Gasteiger charge is -2.07. The molecule has 2 aromatic carbocycles. The molecule has 0 radical (unpaired) electrons. The second kappa shape index (κ2) is 5.02. The van der Waals surface area contributed by atoms with Crippen molar-refractivity contribution in [3.05, 3.63) is 65.7 Å². The molecule has 0 fully saturated rings. The lowest BCUT2D eigenvalue weighted by atomic mass is 10.2. The summed E-state index contributed by atoms with van der Waals surface area (Å²) in [6, 6.07) is 16.3. The minimum absolute atomic E-state index is 0.747. The molecule has 0 aliphatic rings. The first-order valence-electron chi connectivity index (χ1n) is 6.12. The lowest BCUT2D eigenvalue weighted by molar-refractivity contribution is 0.861. The Balaban J connectivity index is 2.31. The van der Waals surface area contributed by atoms with Crippen LogP contribution in [0.4, 0.5) is 0 Å². The highest BCUT2D eigenvalue weighted by Gasteiger charge is 2.13. The Kier molecular flexibility index (Phi) is 3.22. The van der Waals surface area contributed by atoms with Crippen LogP contribution in [0.15, 0.2) is 65.7 Å². The number of hydrogen-bond donors (Lipinski definition) is 0. The second-order valence-electron chi connectivity index (χ2n) is 4.30. The normalized spacial score (nSPS) is 10.8. The number of aromatic nitrogens is 2. The van der Waals surface area contributed by atoms with E-state index in [0.717, 1.165) is 33.4 Å². The summed E-state index contributed by atoms with van der Waals surface area (Å²) in [5, 5.41) is 0. The molecule has 0 saturated heterocycles. The minimum atomic E-state index is 0.747. The van der Waals surface area contributed by atoms with Gasteiger partial charge < -0.3 is 4.57 Å². The number of fused-ring (bicyclic) bond motifs is 1. The standard InChI is InChI=1S/C16H13BrN2/c1-2-11-19-15-10-6-5-9-14(15)18-16(19)12-7-3-4-8-13(12)17/h2-10H,1,11H2. The average molecular weight is 313 g/mol. The average Bonchev–Trinajstić information content (AvgIpc) is 2.79. The number of halogens is 1. The molecule has 0 atom stereocenters. The van der Waals surface area contributed by atoms with E-state index in [-0.39, 0.29) is 0 Å². The molecule has 1 heterocycles. The molecule has 0 bridgehead atoms. The lowest BCUT2D eigenvalue weighted by Crippen LogP contribution is -1.98. The van der Waals surface area contributed by atoms with Gasteiger partial charge >= 0.3 is 0 Å². The first kappa shape index (κ1) is 12.2. The van der Waals surface area contributed by atoms with Crippen LogP contribution in [0.25, 0.3) is 22.4 Å². The number of hydrogen-bond acceptors (Lipinski definition) is 1. The molecule has 3 aromatic rings. The van der Waals surface area contributed by atoms with Crippen LogP contribution in [-0.2, 0) is 6.54 Å². The van der Waals surface area contributed by atoms with E-state index in [2.05, 4.69) is 39.2 Å². The molecule has 0 aliphatic heterocycles. The van der Waals surface area contributed by atoms with Crippen LogP contribution < -0.4 is 0 Å². The van der Waals surface area contributed by atoms with Gasteiger partial charge in [0.25, 0.3) is 0 Å². The van der Waals surface area contributed by atoms with Crippen molar-refractivity contribution in [3.63, 3.8) is 0 Å². The van der Waals surface area contributed by atoms with Crippen molar-refractivity contribution in [2.24, 2.45) is 0 Å². The maximum Gasteiger partial charge on any atom is 0.142 e. The van der Waals surface area contributed by atoms with E-state index in [1.807, 2.05) is 42.5 Å². The summed E-state index contributed by atoms with van der Waals surface area (Å²) in [4.78, 5) is 4.75. The highest BCUT2D eigenvalue weighted by atomic mass is 79.9. The molecule has 2 nitrogen and oxygen atoms in total. The van der Waals surface area contributed by atoms with Crippen LogP contribution in [0.3, 0.4) is 0 Å². The quantitative estimate of drug-likeness (QED) is 0.644. The van der Waals surface area contributed by atoms with Crippen LogP contribution in [0, 0.1) is 0 Å². The van der Waals surface area contributed by atoms with E-state index in [0.29, 0.717) is 0 Å². The number of benzene rings is 2. The number of allylic oxidation sites excluding steroid dienone is 1. The van der Waals surface area contributed by atoms with Gasteiger partial charge in [0.15, 0.2) is 0 Å². The second-order valence-corrected chi connectivity index (χ2v) is 5.16. The van der Waals surface area contributed by atoms with Crippen molar-refractivity contribution in [3.8, 4) is 11.4 Å². The minimum Gasteiger partial charge on any atom is -0.320 e. The molecule has 0 amide bonds. The van der Waals surface area contributed by atoms with Crippen molar-refractivity contribution in [2.75, 3.05) is 0 Å². The van der Waals surface area contributed by atoms with E-state index in [4.69, 9.17) is 4.98 Å². The maximum atomic E-state index is 4.75. The van der Waals surface area contributed by atoms with E-state index in [9.17, 15) is 0 Å². The van der Waals surface area contributed by atoms with Crippen LogP contribution >= 0.6 is 15.9 Å². The van der Waals surface area contributed by atoms with Gasteiger partial charge in [-0.25, -0.2) is 4.98 Å². The Bertz CT molecular complexity index is 743. The van der Waals surface area contributed by atoms with Gasteiger partial charge in [-0.2, -0.15) is 0 Å². The highest BCUT2D eigenvalue weighted by Crippen LogP contribution is 2.30. The van der Waals surface area contributed by atoms with Crippen molar-refractivity contribution in [1.82, 2.24) is 9.55 Å². The van der Waals surface area contributed by atoms with Crippen molar-refractivity contribution in [2.45, 2.75) is 6.54 Å². The molecule has 0 aliphatic carbocycles. The number of para-hydroxylation sites is 2. The summed E-state index contributed by atoms with van der Waals surface area (Å²) < 4.78 is 3.23. The molecule has 3 rings (SSSR count). The highest BCUT2D eigenvalue weighted by molar-refractivity contribution is 9.10. The van der Waals surface area contributed by atoms with E-state index in [1.165, 1.54) is 0 Å². The predicted molar refractivity (Wildman–Crippen MR) is 83.1 cm³/mol.